The third-order valence-electron chi connectivity index (χ3n) is 3.21. The van der Waals surface area contributed by atoms with E-state index in [0.29, 0.717) is 22.3 Å². The quantitative estimate of drug-likeness (QED) is 0.622. The molecule has 0 saturated heterocycles. The average Bonchev–Trinajstić information content (AvgIpc) is 2.49. The van der Waals surface area contributed by atoms with E-state index in [4.69, 9.17) is 11.6 Å². The number of nitrogens with zero attached hydrogens (tertiary/aromatic N) is 1. The van der Waals surface area contributed by atoms with Crippen LogP contribution in [0.1, 0.15) is 0 Å². The smallest absolute Gasteiger partial charge is 0.131 e. The van der Waals surface area contributed by atoms with Gasteiger partial charge in [0.25, 0.3) is 0 Å². The lowest BCUT2D eigenvalue weighted by atomic mass is 10.0. The zero-order valence-corrected chi connectivity index (χ0v) is 11.6. The molecule has 0 bridgehead atoms. The molecule has 3 rings (SSSR count). The van der Waals surface area contributed by atoms with E-state index in [2.05, 4.69) is 4.98 Å². The second-order valence-corrected chi connectivity index (χ2v) is 4.89. The van der Waals surface area contributed by atoms with Crippen molar-refractivity contribution in [3.05, 3.63) is 77.6 Å². The van der Waals surface area contributed by atoms with Crippen molar-refractivity contribution in [2.75, 3.05) is 0 Å². The van der Waals surface area contributed by atoms with Gasteiger partial charge in [-0.3, -0.25) is 4.98 Å². The van der Waals surface area contributed by atoms with Crippen LogP contribution < -0.4 is 0 Å². The summed E-state index contributed by atoms with van der Waals surface area (Å²) >= 11 is 6.35. The van der Waals surface area contributed by atoms with Crippen molar-refractivity contribution in [1.82, 2.24) is 4.98 Å². The monoisotopic (exact) mass is 301 g/mol. The molecule has 0 fully saturated rings. The summed E-state index contributed by atoms with van der Waals surface area (Å²) in [5.74, 6) is -0.793. The summed E-state index contributed by atoms with van der Waals surface area (Å²) in [6.45, 7) is 0. The Balaban J connectivity index is 2.21. The Labute approximate surface area is 125 Å². The van der Waals surface area contributed by atoms with Gasteiger partial charge in [0.05, 0.1) is 5.02 Å². The number of hydrogen-bond acceptors (Lipinski definition) is 1. The summed E-state index contributed by atoms with van der Waals surface area (Å²) in [6, 6.07) is 12.5. The normalized spacial score (nSPS) is 10.6. The van der Waals surface area contributed by atoms with Crippen LogP contribution in [0.3, 0.4) is 0 Å². The zero-order valence-electron chi connectivity index (χ0n) is 10.9. The summed E-state index contributed by atoms with van der Waals surface area (Å²) in [5.41, 5.74) is 1.56. The predicted molar refractivity (Wildman–Crippen MR) is 80.0 cm³/mol. The topological polar surface area (TPSA) is 12.9 Å². The zero-order chi connectivity index (χ0) is 14.8. The highest BCUT2D eigenvalue weighted by Gasteiger charge is 2.15. The molecule has 2 aromatic carbocycles. The van der Waals surface area contributed by atoms with Gasteiger partial charge in [-0.15, -0.1) is 0 Å². The van der Waals surface area contributed by atoms with E-state index >= 15 is 0 Å². The number of halogens is 3. The van der Waals surface area contributed by atoms with E-state index in [-0.39, 0.29) is 5.02 Å². The van der Waals surface area contributed by atoms with Crippen molar-refractivity contribution in [3.63, 3.8) is 0 Å². The minimum absolute atomic E-state index is 0.278. The maximum Gasteiger partial charge on any atom is 0.131 e. The lowest BCUT2D eigenvalue weighted by Crippen LogP contribution is -1.91. The van der Waals surface area contributed by atoms with Gasteiger partial charge < -0.3 is 0 Å². The van der Waals surface area contributed by atoms with E-state index in [1.807, 2.05) is 0 Å². The minimum atomic E-state index is -0.396. The molecule has 0 unspecified atom stereocenters. The van der Waals surface area contributed by atoms with E-state index < -0.39 is 11.6 Å². The van der Waals surface area contributed by atoms with Gasteiger partial charge in [-0.25, -0.2) is 8.78 Å². The maximum absolute atomic E-state index is 13.9. The van der Waals surface area contributed by atoms with Crippen molar-refractivity contribution < 1.29 is 8.78 Å². The Morgan fingerprint density at radius 2 is 1.10 bits per heavy atom. The van der Waals surface area contributed by atoms with E-state index in [9.17, 15) is 8.78 Å². The highest BCUT2D eigenvalue weighted by molar-refractivity contribution is 6.36. The van der Waals surface area contributed by atoms with E-state index in [1.54, 1.807) is 36.4 Å². The first-order valence-corrected chi connectivity index (χ1v) is 6.69. The Morgan fingerprint density at radius 1 is 0.667 bits per heavy atom. The molecule has 0 aliphatic rings. The molecule has 0 radical (unpaired) electrons. The van der Waals surface area contributed by atoms with Gasteiger partial charge in [-0.1, -0.05) is 48.0 Å². The van der Waals surface area contributed by atoms with Crippen molar-refractivity contribution in [2.24, 2.45) is 0 Å². The van der Waals surface area contributed by atoms with Crippen molar-refractivity contribution in [1.29, 1.82) is 0 Å². The number of rotatable bonds is 2. The van der Waals surface area contributed by atoms with Crippen molar-refractivity contribution in [3.8, 4) is 22.3 Å². The molecule has 21 heavy (non-hydrogen) atoms. The molecule has 4 heteroatoms. The fraction of sp³-hybridized carbons (Fsp3) is 0. The Bertz CT molecular complexity index is 739. The molecule has 1 aromatic heterocycles. The first kappa shape index (κ1) is 13.7. The van der Waals surface area contributed by atoms with Crippen LogP contribution in [0.2, 0.25) is 5.02 Å². The standard InChI is InChI=1S/C17H10ClF2N/c18-17-13(11-5-1-3-7-15(11)19)9-21-10-14(17)12-6-2-4-8-16(12)20/h1-10H. The number of hydrogen-bond donors (Lipinski definition) is 0. The molecular formula is C17H10ClF2N. The molecule has 104 valence electrons. The van der Waals surface area contributed by atoms with Gasteiger partial charge in [0, 0.05) is 34.6 Å². The summed E-state index contributed by atoms with van der Waals surface area (Å²) in [7, 11) is 0. The number of benzene rings is 2. The van der Waals surface area contributed by atoms with Gasteiger partial charge in [-0.05, 0) is 12.1 Å². The lowest BCUT2D eigenvalue weighted by molar-refractivity contribution is 0.631. The highest BCUT2D eigenvalue weighted by Crippen LogP contribution is 2.37. The molecule has 3 aromatic rings. The van der Waals surface area contributed by atoms with Crippen LogP contribution in [0.25, 0.3) is 22.3 Å². The second kappa shape index (κ2) is 5.62. The van der Waals surface area contributed by atoms with E-state index in [0.717, 1.165) is 0 Å². The lowest BCUT2D eigenvalue weighted by Gasteiger charge is -2.10. The molecular weight excluding hydrogens is 292 g/mol. The Kier molecular flexibility index (Phi) is 3.67. The van der Waals surface area contributed by atoms with Gasteiger partial charge in [-0.2, -0.15) is 0 Å². The Hall–Kier alpha value is -2.26. The van der Waals surface area contributed by atoms with Crippen LogP contribution in [0.5, 0.6) is 0 Å². The largest absolute Gasteiger partial charge is 0.263 e. The molecule has 0 amide bonds. The molecule has 0 atom stereocenters. The van der Waals surface area contributed by atoms with E-state index in [1.165, 1.54) is 24.5 Å². The fourth-order valence-electron chi connectivity index (χ4n) is 2.18. The summed E-state index contributed by atoms with van der Waals surface area (Å²) in [5, 5.41) is 0.278. The summed E-state index contributed by atoms with van der Waals surface area (Å²) in [4.78, 5) is 4.06. The van der Waals surface area contributed by atoms with Crippen LogP contribution in [-0.2, 0) is 0 Å². The molecule has 0 N–H and O–H groups in total. The SMILES string of the molecule is Fc1ccccc1-c1cncc(-c2ccccc2F)c1Cl. The summed E-state index contributed by atoms with van der Waals surface area (Å²) in [6.07, 6.45) is 2.95. The third kappa shape index (κ3) is 2.52. The highest BCUT2D eigenvalue weighted by atomic mass is 35.5. The van der Waals surface area contributed by atoms with Gasteiger partial charge in [0.15, 0.2) is 0 Å². The van der Waals surface area contributed by atoms with Gasteiger partial charge in [0.1, 0.15) is 11.6 Å². The molecule has 1 heterocycles. The number of aromatic nitrogens is 1. The minimum Gasteiger partial charge on any atom is -0.263 e. The fourth-order valence-corrected chi connectivity index (χ4v) is 2.48. The van der Waals surface area contributed by atoms with Crippen LogP contribution >= 0.6 is 11.6 Å². The summed E-state index contributed by atoms with van der Waals surface area (Å²) < 4.78 is 27.8. The molecule has 1 nitrogen and oxygen atoms in total. The average molecular weight is 302 g/mol. The van der Waals surface area contributed by atoms with Gasteiger partial charge >= 0.3 is 0 Å². The van der Waals surface area contributed by atoms with Crippen LogP contribution in [0, 0.1) is 11.6 Å². The molecule has 0 aliphatic heterocycles. The van der Waals surface area contributed by atoms with Gasteiger partial charge in [0.2, 0.25) is 0 Å². The molecule has 0 saturated carbocycles. The van der Waals surface area contributed by atoms with Crippen LogP contribution in [0.4, 0.5) is 8.78 Å². The molecule has 0 spiro atoms. The number of pyridine rings is 1. The third-order valence-corrected chi connectivity index (χ3v) is 3.62. The van der Waals surface area contributed by atoms with Crippen LogP contribution in [0.15, 0.2) is 60.9 Å². The van der Waals surface area contributed by atoms with Crippen molar-refractivity contribution >= 4 is 11.6 Å². The Morgan fingerprint density at radius 3 is 1.52 bits per heavy atom. The first-order valence-electron chi connectivity index (χ1n) is 6.32. The molecule has 0 aliphatic carbocycles. The maximum atomic E-state index is 13.9. The van der Waals surface area contributed by atoms with Crippen LogP contribution in [-0.4, -0.2) is 4.98 Å². The van der Waals surface area contributed by atoms with Crippen molar-refractivity contribution in [2.45, 2.75) is 0 Å². The predicted octanol–water partition coefficient (Wildman–Crippen LogP) is 5.35. The second-order valence-electron chi connectivity index (χ2n) is 4.51. The first-order chi connectivity index (χ1) is 10.2.